The molecule has 0 fully saturated rings. The maximum absolute atomic E-state index is 12.6. The van der Waals surface area contributed by atoms with Crippen LogP contribution < -0.4 is 26.1 Å². The van der Waals surface area contributed by atoms with E-state index in [2.05, 4.69) is 15.8 Å². The molecule has 12 heteroatoms. The van der Waals surface area contributed by atoms with Crippen molar-refractivity contribution in [2.24, 2.45) is 0 Å². The molecule has 0 aliphatic heterocycles. The highest BCUT2D eigenvalue weighted by atomic mass is 32.2. The number of hydrogen-bond acceptors (Lipinski definition) is 6. The summed E-state index contributed by atoms with van der Waals surface area (Å²) in [7, 11) is -4.11. The Balaban J connectivity index is 1.74. The maximum Gasteiger partial charge on any atom is 0.323 e. The maximum atomic E-state index is 12.6. The molecule has 3 rings (SSSR count). The van der Waals surface area contributed by atoms with Gasteiger partial charge >= 0.3 is 5.97 Å². The molecule has 0 aliphatic carbocycles. The number of carboxylic acid groups (broad SMARTS) is 1. The average molecular weight is 476 g/mol. The number of aromatic nitrogens is 1. The number of pyridine rings is 2. The van der Waals surface area contributed by atoms with Crippen molar-refractivity contribution in [1.29, 1.82) is 0 Å². The van der Waals surface area contributed by atoms with E-state index in [1.165, 1.54) is 40.9 Å². The fourth-order valence-electron chi connectivity index (χ4n) is 2.94. The number of benzene rings is 1. The van der Waals surface area contributed by atoms with Crippen LogP contribution in [0, 0.1) is 0 Å². The Kier molecular flexibility index (Phi) is 7.43. The number of rotatable bonds is 10. The van der Waals surface area contributed by atoms with Crippen molar-refractivity contribution in [1.82, 2.24) is 14.4 Å². The number of carbonyl (C=O) groups is 2. The van der Waals surface area contributed by atoms with Crippen LogP contribution in [0.25, 0.3) is 5.52 Å². The molecule has 0 bridgehead atoms. The molecule has 1 aromatic carbocycles. The highest BCUT2D eigenvalue weighted by Gasteiger charge is 2.26. The number of carbonyl (C=O) groups excluding carboxylic acids is 1. The molecular formula is C21H23N4O7S+. The van der Waals surface area contributed by atoms with Gasteiger partial charge in [0.2, 0.25) is 10.0 Å². The molecule has 0 saturated carbocycles. The molecule has 2 heterocycles. The summed E-state index contributed by atoms with van der Waals surface area (Å²) < 4.78 is 33.6. The van der Waals surface area contributed by atoms with Crippen molar-refractivity contribution >= 4 is 27.4 Å². The van der Waals surface area contributed by atoms with Crippen LogP contribution in [0.3, 0.4) is 0 Å². The zero-order valence-corrected chi connectivity index (χ0v) is 18.2. The SMILES string of the molecule is [NH3+]CCOc1ccc2cc(C(=O)NC[C@H](NS(=O)(=O)c3ccccc3)C(=O)O)cc(=O)n2c1. The predicted molar refractivity (Wildman–Crippen MR) is 117 cm³/mol. The van der Waals surface area contributed by atoms with Crippen LogP contribution in [0.2, 0.25) is 0 Å². The molecule has 6 N–H and O–H groups in total. The van der Waals surface area contributed by atoms with Crippen LogP contribution in [0.1, 0.15) is 10.4 Å². The number of nitrogens with one attached hydrogen (secondary N) is 2. The van der Waals surface area contributed by atoms with Crippen molar-refractivity contribution < 1.29 is 33.6 Å². The van der Waals surface area contributed by atoms with Gasteiger partial charge in [0.1, 0.15) is 24.9 Å². The summed E-state index contributed by atoms with van der Waals surface area (Å²) in [6, 6.07) is 11.4. The first-order valence-electron chi connectivity index (χ1n) is 9.88. The number of nitrogens with zero attached hydrogens (tertiary/aromatic N) is 1. The zero-order chi connectivity index (χ0) is 24.0. The van der Waals surface area contributed by atoms with E-state index in [1.54, 1.807) is 18.2 Å². The van der Waals surface area contributed by atoms with Crippen molar-refractivity contribution in [3.8, 4) is 5.75 Å². The molecule has 11 nitrogen and oxygen atoms in total. The van der Waals surface area contributed by atoms with E-state index in [0.29, 0.717) is 24.4 Å². The molecule has 0 saturated heterocycles. The number of fused-ring (bicyclic) bond motifs is 1. The summed E-state index contributed by atoms with van der Waals surface area (Å²) in [5, 5.41) is 11.8. The van der Waals surface area contributed by atoms with Crippen LogP contribution in [-0.2, 0) is 14.8 Å². The normalized spacial score (nSPS) is 12.3. The van der Waals surface area contributed by atoms with Crippen LogP contribution >= 0.6 is 0 Å². The number of hydrogen-bond donors (Lipinski definition) is 4. The first-order valence-corrected chi connectivity index (χ1v) is 11.4. The molecule has 1 atom stereocenters. The average Bonchev–Trinajstić information content (AvgIpc) is 2.80. The fourth-order valence-corrected chi connectivity index (χ4v) is 4.15. The lowest BCUT2D eigenvalue weighted by Crippen LogP contribution is -2.52. The van der Waals surface area contributed by atoms with Gasteiger partial charge in [0.25, 0.3) is 11.5 Å². The van der Waals surface area contributed by atoms with E-state index < -0.39 is 40.0 Å². The van der Waals surface area contributed by atoms with Gasteiger partial charge in [-0.1, -0.05) is 18.2 Å². The molecular weight excluding hydrogens is 452 g/mol. The van der Waals surface area contributed by atoms with Gasteiger partial charge in [-0.15, -0.1) is 0 Å². The summed E-state index contributed by atoms with van der Waals surface area (Å²) in [5.41, 5.74) is 3.61. The van der Waals surface area contributed by atoms with Crippen LogP contribution in [0.5, 0.6) is 5.75 Å². The molecule has 174 valence electrons. The summed E-state index contributed by atoms with van der Waals surface area (Å²) in [5.74, 6) is -1.72. The van der Waals surface area contributed by atoms with Gasteiger partial charge in [0.15, 0.2) is 0 Å². The van der Waals surface area contributed by atoms with Gasteiger partial charge in [-0.05, 0) is 30.3 Å². The van der Waals surface area contributed by atoms with Gasteiger partial charge in [-0.3, -0.25) is 18.8 Å². The Morgan fingerprint density at radius 1 is 1.12 bits per heavy atom. The lowest BCUT2D eigenvalue weighted by Gasteiger charge is -2.16. The largest absolute Gasteiger partial charge is 0.486 e. The first-order chi connectivity index (χ1) is 15.7. The Labute approximate surface area is 188 Å². The Hall–Kier alpha value is -3.74. The minimum Gasteiger partial charge on any atom is -0.486 e. The molecule has 0 aliphatic rings. The third kappa shape index (κ3) is 5.94. The smallest absolute Gasteiger partial charge is 0.323 e. The number of aliphatic carboxylic acids is 1. The summed E-state index contributed by atoms with van der Waals surface area (Å²) in [4.78, 5) is 36.4. The zero-order valence-electron chi connectivity index (χ0n) is 17.4. The van der Waals surface area contributed by atoms with Gasteiger partial charge < -0.3 is 20.9 Å². The second kappa shape index (κ2) is 10.3. The summed E-state index contributed by atoms with van der Waals surface area (Å²) >= 11 is 0. The highest BCUT2D eigenvalue weighted by Crippen LogP contribution is 2.13. The topological polar surface area (TPSA) is 171 Å². The van der Waals surface area contributed by atoms with E-state index in [4.69, 9.17) is 4.74 Å². The third-order valence-electron chi connectivity index (χ3n) is 4.56. The van der Waals surface area contributed by atoms with Crippen LogP contribution in [-0.4, -0.2) is 55.5 Å². The summed E-state index contributed by atoms with van der Waals surface area (Å²) in [6.07, 6.45) is 1.49. The van der Waals surface area contributed by atoms with E-state index >= 15 is 0 Å². The standard InChI is InChI=1S/C21H22N4O7S/c22-8-9-32-16-7-6-15-10-14(11-19(26)25(15)13-16)20(27)23-12-18(21(28)29)24-33(30,31)17-4-2-1-3-5-17/h1-7,10-11,13,18,24H,8-9,12,22H2,(H,23,27)(H,28,29)/p+1/t18-/m0/s1. The van der Waals surface area contributed by atoms with E-state index in [0.717, 1.165) is 6.07 Å². The van der Waals surface area contributed by atoms with E-state index in [1.807, 2.05) is 0 Å². The molecule has 2 aromatic heterocycles. The second-order valence-corrected chi connectivity index (χ2v) is 8.69. The number of ether oxygens (including phenoxy) is 1. The third-order valence-corrected chi connectivity index (χ3v) is 6.05. The van der Waals surface area contributed by atoms with Crippen molar-refractivity contribution in [2.75, 3.05) is 19.7 Å². The van der Waals surface area contributed by atoms with Gasteiger partial charge in [-0.25, -0.2) is 8.42 Å². The highest BCUT2D eigenvalue weighted by molar-refractivity contribution is 7.89. The lowest BCUT2D eigenvalue weighted by molar-refractivity contribution is -0.370. The van der Waals surface area contributed by atoms with Crippen LogP contribution in [0.4, 0.5) is 0 Å². The van der Waals surface area contributed by atoms with Crippen molar-refractivity contribution in [2.45, 2.75) is 10.9 Å². The Bertz CT molecular complexity index is 1320. The quantitative estimate of drug-likeness (QED) is 0.294. The van der Waals surface area contributed by atoms with E-state index in [9.17, 15) is 27.9 Å². The summed E-state index contributed by atoms with van der Waals surface area (Å²) in [6.45, 7) is 0.418. The van der Waals surface area contributed by atoms with Gasteiger partial charge in [0.05, 0.1) is 11.1 Å². The second-order valence-electron chi connectivity index (χ2n) is 6.98. The Morgan fingerprint density at radius 3 is 2.52 bits per heavy atom. The number of carboxylic acids is 1. The molecule has 33 heavy (non-hydrogen) atoms. The molecule has 0 radical (unpaired) electrons. The predicted octanol–water partition coefficient (Wildman–Crippen LogP) is -0.918. The first kappa shape index (κ1) is 23.9. The van der Waals surface area contributed by atoms with Gasteiger partial charge in [0, 0.05) is 23.7 Å². The van der Waals surface area contributed by atoms with Gasteiger partial charge in [-0.2, -0.15) is 4.72 Å². The minimum absolute atomic E-state index is 0.00137. The minimum atomic E-state index is -4.11. The molecule has 0 unspecified atom stereocenters. The molecule has 0 spiro atoms. The van der Waals surface area contributed by atoms with Crippen molar-refractivity contribution in [3.63, 3.8) is 0 Å². The number of quaternary nitrogens is 1. The van der Waals surface area contributed by atoms with E-state index in [-0.39, 0.29) is 10.5 Å². The number of sulfonamides is 1. The Morgan fingerprint density at radius 2 is 1.85 bits per heavy atom. The molecule has 1 amide bonds. The number of amides is 1. The lowest BCUT2D eigenvalue weighted by atomic mass is 10.2. The monoisotopic (exact) mass is 475 g/mol. The van der Waals surface area contributed by atoms with Crippen molar-refractivity contribution in [3.05, 3.63) is 76.7 Å². The fraction of sp³-hybridized carbons (Fsp3) is 0.190. The molecule has 3 aromatic rings. The van der Waals surface area contributed by atoms with Crippen LogP contribution in [0.15, 0.2) is 70.5 Å².